The van der Waals surface area contributed by atoms with Gasteiger partial charge < -0.3 is 0 Å². The van der Waals surface area contributed by atoms with Gasteiger partial charge in [0.05, 0.1) is 15.5 Å². The van der Waals surface area contributed by atoms with Gasteiger partial charge in [-0.3, -0.25) is 30.1 Å². The molecule has 3 rings (SSSR count). The molecule has 0 atom stereocenters. The number of hydrogen-bond acceptors (Lipinski definition) is 5. The van der Waals surface area contributed by atoms with Crippen LogP contribution in [0.1, 0.15) is 34.3 Å². The summed E-state index contributed by atoms with van der Waals surface area (Å²) >= 11 is 12.5. The van der Waals surface area contributed by atoms with Crippen LogP contribution in [-0.2, 0) is 9.59 Å². The zero-order valence-corrected chi connectivity index (χ0v) is 19.1. The molecule has 1 aliphatic heterocycles. The number of carbonyl (C=O) groups excluding carboxylic acids is 3. The first kappa shape index (κ1) is 23.0. The number of benzene rings is 2. The van der Waals surface area contributed by atoms with Gasteiger partial charge >= 0.3 is 0 Å². The number of hydrazine groups is 1. The minimum absolute atomic E-state index is 0.122. The van der Waals surface area contributed by atoms with Gasteiger partial charge in [0.2, 0.25) is 5.91 Å². The third-order valence-electron chi connectivity index (χ3n) is 4.47. The fourth-order valence-electron chi connectivity index (χ4n) is 2.81. The van der Waals surface area contributed by atoms with E-state index in [1.165, 1.54) is 16.7 Å². The molecule has 9 heteroatoms. The Bertz CT molecular complexity index is 1050. The van der Waals surface area contributed by atoms with Gasteiger partial charge in [0.25, 0.3) is 11.8 Å². The standard InChI is InChI=1S/C22H20ClN3O3S2/c1-14-8-10-15(11-9-14)13-18-21(29)26(22(30)31-18)12-4-7-19(27)24-25-20(28)16-5-2-3-6-17(16)23/h2-3,5-6,8-11,13H,4,7,12H2,1H3,(H,24,27)(H,25,28). The van der Waals surface area contributed by atoms with Gasteiger partial charge in [-0.15, -0.1) is 0 Å². The van der Waals surface area contributed by atoms with Crippen molar-refractivity contribution in [3.63, 3.8) is 0 Å². The van der Waals surface area contributed by atoms with E-state index in [-0.39, 0.29) is 23.8 Å². The SMILES string of the molecule is Cc1ccc(C=C2SC(=S)N(CCCC(=O)NNC(=O)c3ccccc3Cl)C2=O)cc1. The molecule has 160 valence electrons. The van der Waals surface area contributed by atoms with Crippen LogP contribution < -0.4 is 10.9 Å². The summed E-state index contributed by atoms with van der Waals surface area (Å²) in [4.78, 5) is 38.8. The summed E-state index contributed by atoms with van der Waals surface area (Å²) in [6.45, 7) is 2.32. The van der Waals surface area contributed by atoms with Gasteiger partial charge in [-0.1, -0.05) is 77.5 Å². The van der Waals surface area contributed by atoms with Crippen molar-refractivity contribution in [2.45, 2.75) is 19.8 Å². The van der Waals surface area contributed by atoms with Crippen LogP contribution in [-0.4, -0.2) is 33.5 Å². The third-order valence-corrected chi connectivity index (χ3v) is 6.18. The molecule has 1 heterocycles. The number of halogens is 1. The largest absolute Gasteiger partial charge is 0.293 e. The van der Waals surface area contributed by atoms with Crippen molar-refractivity contribution in [3.8, 4) is 0 Å². The summed E-state index contributed by atoms with van der Waals surface area (Å²) in [5.41, 5.74) is 7.02. The summed E-state index contributed by atoms with van der Waals surface area (Å²) in [6.07, 6.45) is 2.34. The number of rotatable bonds is 6. The van der Waals surface area contributed by atoms with Crippen LogP contribution in [0.3, 0.4) is 0 Å². The number of thioether (sulfide) groups is 1. The maximum Gasteiger partial charge on any atom is 0.271 e. The van der Waals surface area contributed by atoms with Gasteiger partial charge in [0.1, 0.15) is 4.32 Å². The molecule has 1 fully saturated rings. The number of carbonyl (C=O) groups is 3. The fourth-order valence-corrected chi connectivity index (χ4v) is 4.34. The summed E-state index contributed by atoms with van der Waals surface area (Å²) < 4.78 is 0.468. The maximum absolute atomic E-state index is 12.6. The number of thiocarbonyl (C=S) groups is 1. The predicted molar refractivity (Wildman–Crippen MR) is 127 cm³/mol. The molecule has 1 saturated heterocycles. The molecule has 2 N–H and O–H groups in total. The van der Waals surface area contributed by atoms with Crippen molar-refractivity contribution in [1.82, 2.24) is 15.8 Å². The quantitative estimate of drug-likeness (QED) is 0.375. The number of nitrogens with one attached hydrogen (secondary N) is 2. The summed E-state index contributed by atoms with van der Waals surface area (Å²) in [5, 5.41) is 0.294. The minimum atomic E-state index is -0.503. The van der Waals surface area contributed by atoms with Gasteiger partial charge in [-0.05, 0) is 37.1 Å². The average Bonchev–Trinajstić information content (AvgIpc) is 3.01. The monoisotopic (exact) mass is 473 g/mol. The van der Waals surface area contributed by atoms with Crippen LogP contribution in [0, 0.1) is 6.92 Å². The lowest BCUT2D eigenvalue weighted by Crippen LogP contribution is -2.42. The smallest absolute Gasteiger partial charge is 0.271 e. The van der Waals surface area contributed by atoms with Crippen molar-refractivity contribution in [2.24, 2.45) is 0 Å². The lowest BCUT2D eigenvalue weighted by molar-refractivity contribution is -0.124. The highest BCUT2D eigenvalue weighted by Crippen LogP contribution is 2.32. The normalized spacial score (nSPS) is 14.8. The second-order valence-corrected chi connectivity index (χ2v) is 8.91. The Morgan fingerprint density at radius 2 is 1.84 bits per heavy atom. The molecule has 3 amide bonds. The second-order valence-electron chi connectivity index (χ2n) is 6.83. The Kier molecular flexibility index (Phi) is 7.84. The van der Waals surface area contributed by atoms with E-state index in [0.717, 1.165) is 11.1 Å². The second kappa shape index (κ2) is 10.6. The van der Waals surface area contributed by atoms with Crippen molar-refractivity contribution >= 4 is 63.7 Å². The molecule has 0 spiro atoms. The van der Waals surface area contributed by atoms with E-state index in [1.807, 2.05) is 37.3 Å². The molecule has 2 aromatic carbocycles. The number of nitrogens with zero attached hydrogens (tertiary/aromatic N) is 1. The molecular formula is C22H20ClN3O3S2. The van der Waals surface area contributed by atoms with Crippen molar-refractivity contribution in [1.29, 1.82) is 0 Å². The Morgan fingerprint density at radius 3 is 2.55 bits per heavy atom. The Balaban J connectivity index is 1.46. The topological polar surface area (TPSA) is 78.5 Å². The van der Waals surface area contributed by atoms with Crippen LogP contribution >= 0.6 is 35.6 Å². The van der Waals surface area contributed by atoms with Crippen molar-refractivity contribution < 1.29 is 14.4 Å². The molecule has 6 nitrogen and oxygen atoms in total. The number of amides is 3. The van der Waals surface area contributed by atoms with Crippen molar-refractivity contribution in [2.75, 3.05) is 6.54 Å². The van der Waals surface area contributed by atoms with Gasteiger partial charge in [-0.2, -0.15) is 0 Å². The van der Waals surface area contributed by atoms with E-state index in [1.54, 1.807) is 24.3 Å². The number of aryl methyl sites for hydroxylation is 1. The van der Waals surface area contributed by atoms with Gasteiger partial charge in [-0.25, -0.2) is 0 Å². The van der Waals surface area contributed by atoms with Crippen molar-refractivity contribution in [3.05, 3.63) is 75.1 Å². The summed E-state index contributed by atoms with van der Waals surface area (Å²) in [6, 6.07) is 14.4. The molecule has 1 aliphatic rings. The zero-order chi connectivity index (χ0) is 22.4. The molecule has 0 radical (unpaired) electrons. The Labute approximate surface area is 195 Å². The molecule has 31 heavy (non-hydrogen) atoms. The predicted octanol–water partition coefficient (Wildman–Crippen LogP) is 4.09. The average molecular weight is 474 g/mol. The molecule has 0 aliphatic carbocycles. The van der Waals surface area contributed by atoms with E-state index in [0.29, 0.717) is 27.2 Å². The first-order chi connectivity index (χ1) is 14.8. The first-order valence-corrected chi connectivity index (χ1v) is 11.1. The zero-order valence-electron chi connectivity index (χ0n) is 16.7. The third kappa shape index (κ3) is 6.16. The van der Waals surface area contributed by atoms with Gasteiger partial charge in [0, 0.05) is 13.0 Å². The molecule has 0 saturated carbocycles. The lowest BCUT2D eigenvalue weighted by atomic mass is 10.1. The van der Waals surface area contributed by atoms with Crippen LogP contribution in [0.15, 0.2) is 53.4 Å². The van der Waals surface area contributed by atoms with Gasteiger partial charge in [0.15, 0.2) is 0 Å². The highest BCUT2D eigenvalue weighted by Gasteiger charge is 2.31. The van der Waals surface area contributed by atoms with Crippen LogP contribution in [0.25, 0.3) is 6.08 Å². The molecule has 0 unspecified atom stereocenters. The van der Waals surface area contributed by atoms with Crippen LogP contribution in [0.2, 0.25) is 5.02 Å². The highest BCUT2D eigenvalue weighted by atomic mass is 35.5. The van der Waals surface area contributed by atoms with Crippen LogP contribution in [0.5, 0.6) is 0 Å². The van der Waals surface area contributed by atoms with E-state index in [9.17, 15) is 14.4 Å². The minimum Gasteiger partial charge on any atom is -0.293 e. The molecular weight excluding hydrogens is 454 g/mol. The van der Waals surface area contributed by atoms with E-state index >= 15 is 0 Å². The molecule has 0 bridgehead atoms. The maximum atomic E-state index is 12.6. The Morgan fingerprint density at radius 1 is 1.13 bits per heavy atom. The van der Waals surface area contributed by atoms with Crippen LogP contribution in [0.4, 0.5) is 0 Å². The first-order valence-electron chi connectivity index (χ1n) is 9.51. The summed E-state index contributed by atoms with van der Waals surface area (Å²) in [5.74, 6) is -1.04. The fraction of sp³-hybridized carbons (Fsp3) is 0.182. The van der Waals surface area contributed by atoms with E-state index in [4.69, 9.17) is 23.8 Å². The molecule has 0 aromatic heterocycles. The molecule has 2 aromatic rings. The number of hydrogen-bond donors (Lipinski definition) is 2. The summed E-state index contributed by atoms with van der Waals surface area (Å²) in [7, 11) is 0. The van der Waals surface area contributed by atoms with E-state index in [2.05, 4.69) is 10.9 Å². The highest BCUT2D eigenvalue weighted by molar-refractivity contribution is 8.26. The lowest BCUT2D eigenvalue weighted by Gasteiger charge is -2.14. The van der Waals surface area contributed by atoms with E-state index < -0.39 is 5.91 Å². The Hall–Kier alpha value is -2.68.